The van der Waals surface area contributed by atoms with Gasteiger partial charge in [-0.25, -0.2) is 4.79 Å². The van der Waals surface area contributed by atoms with Gasteiger partial charge in [0, 0.05) is 20.8 Å². The number of carbonyl (C=O) groups excluding carboxylic acids is 1. The molecule has 0 aliphatic heterocycles. The van der Waals surface area contributed by atoms with Gasteiger partial charge in [-0.15, -0.1) is 11.3 Å². The van der Waals surface area contributed by atoms with E-state index in [0.717, 1.165) is 9.35 Å². The molecule has 0 spiro atoms. The fourth-order valence-corrected chi connectivity index (χ4v) is 2.75. The molecule has 0 fully saturated rings. The minimum atomic E-state index is -0.913. The van der Waals surface area contributed by atoms with Crippen LogP contribution in [-0.4, -0.2) is 23.1 Å². The van der Waals surface area contributed by atoms with Crippen molar-refractivity contribution in [1.82, 2.24) is 10.6 Å². The molecule has 7 heteroatoms. The number of carboxylic acids is 1. The molecule has 0 saturated heterocycles. The summed E-state index contributed by atoms with van der Waals surface area (Å²) >= 11 is 4.88. The number of hydrogen-bond donors (Lipinski definition) is 3. The molecule has 100 valence electrons. The van der Waals surface area contributed by atoms with Gasteiger partial charge < -0.3 is 15.7 Å². The first-order valence-electron chi connectivity index (χ1n) is 5.50. The van der Waals surface area contributed by atoms with Gasteiger partial charge in [-0.05, 0) is 28.4 Å². The van der Waals surface area contributed by atoms with Crippen molar-refractivity contribution in [2.75, 3.05) is 0 Å². The molecule has 1 atom stereocenters. The van der Waals surface area contributed by atoms with Crippen LogP contribution >= 0.6 is 27.3 Å². The Morgan fingerprint density at radius 2 is 2.28 bits per heavy atom. The maximum absolute atomic E-state index is 11.6. The maximum atomic E-state index is 11.6. The lowest BCUT2D eigenvalue weighted by Crippen LogP contribution is -2.42. The molecule has 1 unspecified atom stereocenters. The molecule has 1 aromatic heterocycles. The number of thiophene rings is 1. The predicted octanol–water partition coefficient (Wildman–Crippen LogP) is 2.56. The zero-order valence-corrected chi connectivity index (χ0v) is 12.3. The summed E-state index contributed by atoms with van der Waals surface area (Å²) in [7, 11) is 0. The Morgan fingerprint density at radius 3 is 2.78 bits per heavy atom. The number of halogens is 1. The highest BCUT2D eigenvalue weighted by molar-refractivity contribution is 9.10. The Kier molecular flexibility index (Phi) is 6.14. The lowest BCUT2D eigenvalue weighted by atomic mass is 10.1. The third kappa shape index (κ3) is 5.50. The average molecular weight is 335 g/mol. The molecule has 3 N–H and O–H groups in total. The van der Waals surface area contributed by atoms with Crippen LogP contribution in [0.25, 0.3) is 0 Å². The quantitative estimate of drug-likeness (QED) is 0.748. The fraction of sp³-hybridized carbons (Fsp3) is 0.455. The average Bonchev–Trinajstić information content (AvgIpc) is 2.71. The zero-order chi connectivity index (χ0) is 13.5. The van der Waals surface area contributed by atoms with Crippen LogP contribution < -0.4 is 10.6 Å². The van der Waals surface area contributed by atoms with Crippen LogP contribution in [-0.2, 0) is 11.3 Å². The number of carboxylic acid groups (broad SMARTS) is 1. The van der Waals surface area contributed by atoms with Gasteiger partial charge in [0.1, 0.15) is 0 Å². The Balaban J connectivity index is 2.34. The van der Waals surface area contributed by atoms with Gasteiger partial charge in [0.05, 0.1) is 13.0 Å². The molecule has 0 radical (unpaired) electrons. The molecule has 2 amide bonds. The summed E-state index contributed by atoms with van der Waals surface area (Å²) in [6, 6.07) is 1.25. The third-order valence-electron chi connectivity index (χ3n) is 2.29. The molecule has 0 aliphatic carbocycles. The second-order valence-corrected chi connectivity index (χ2v) is 5.67. The van der Waals surface area contributed by atoms with Crippen molar-refractivity contribution in [2.24, 2.45) is 0 Å². The first-order valence-corrected chi connectivity index (χ1v) is 7.17. The van der Waals surface area contributed by atoms with Gasteiger partial charge in [-0.3, -0.25) is 4.79 Å². The molecule has 18 heavy (non-hydrogen) atoms. The number of hydrogen-bond acceptors (Lipinski definition) is 3. The van der Waals surface area contributed by atoms with Crippen LogP contribution in [0.5, 0.6) is 0 Å². The van der Waals surface area contributed by atoms with Crippen molar-refractivity contribution in [3.63, 3.8) is 0 Å². The summed E-state index contributed by atoms with van der Waals surface area (Å²) in [5.74, 6) is -0.913. The van der Waals surface area contributed by atoms with Crippen molar-refractivity contribution in [3.8, 4) is 0 Å². The van der Waals surface area contributed by atoms with Crippen molar-refractivity contribution in [1.29, 1.82) is 0 Å². The minimum Gasteiger partial charge on any atom is -0.481 e. The van der Waals surface area contributed by atoms with E-state index < -0.39 is 5.97 Å². The number of carbonyl (C=O) groups is 2. The van der Waals surface area contributed by atoms with Crippen LogP contribution in [0.2, 0.25) is 0 Å². The highest BCUT2D eigenvalue weighted by atomic mass is 79.9. The Morgan fingerprint density at radius 1 is 1.56 bits per heavy atom. The lowest BCUT2D eigenvalue weighted by molar-refractivity contribution is -0.137. The zero-order valence-electron chi connectivity index (χ0n) is 9.90. The molecule has 0 aliphatic rings. The first-order chi connectivity index (χ1) is 8.51. The van der Waals surface area contributed by atoms with Gasteiger partial charge in [0.2, 0.25) is 0 Å². The Bertz CT molecular complexity index is 422. The normalized spacial score (nSPS) is 11.9. The number of nitrogens with one attached hydrogen (secondary N) is 2. The van der Waals surface area contributed by atoms with Crippen molar-refractivity contribution >= 4 is 39.3 Å². The minimum absolute atomic E-state index is 0.0610. The number of amides is 2. The molecular weight excluding hydrogens is 320 g/mol. The fourth-order valence-electron chi connectivity index (χ4n) is 1.36. The van der Waals surface area contributed by atoms with Gasteiger partial charge in [-0.1, -0.05) is 6.92 Å². The third-order valence-corrected chi connectivity index (χ3v) is 3.99. The highest BCUT2D eigenvalue weighted by Gasteiger charge is 2.13. The van der Waals surface area contributed by atoms with Crippen LogP contribution in [0.1, 0.15) is 24.6 Å². The highest BCUT2D eigenvalue weighted by Crippen LogP contribution is 2.19. The topological polar surface area (TPSA) is 78.4 Å². The van der Waals surface area contributed by atoms with E-state index in [9.17, 15) is 9.59 Å². The first kappa shape index (κ1) is 15.0. The SMILES string of the molecule is CCC(CC(=O)O)NC(=O)NCc1cc(Br)cs1. The summed E-state index contributed by atoms with van der Waals surface area (Å²) in [5.41, 5.74) is 0. The lowest BCUT2D eigenvalue weighted by Gasteiger charge is -2.15. The number of aliphatic carboxylic acids is 1. The van der Waals surface area contributed by atoms with Gasteiger partial charge in [0.25, 0.3) is 0 Å². The number of urea groups is 1. The van der Waals surface area contributed by atoms with Crippen LogP contribution in [0, 0.1) is 0 Å². The largest absolute Gasteiger partial charge is 0.481 e. The summed E-state index contributed by atoms with van der Waals surface area (Å²) in [6.45, 7) is 2.27. The van der Waals surface area contributed by atoms with Crippen molar-refractivity contribution < 1.29 is 14.7 Å². The summed E-state index contributed by atoms with van der Waals surface area (Å²) in [6.07, 6.45) is 0.527. The number of rotatable bonds is 6. The van der Waals surface area contributed by atoms with Gasteiger partial charge in [-0.2, -0.15) is 0 Å². The summed E-state index contributed by atoms with van der Waals surface area (Å²) in [4.78, 5) is 23.1. The summed E-state index contributed by atoms with van der Waals surface area (Å²) in [5, 5.41) is 15.9. The maximum Gasteiger partial charge on any atom is 0.315 e. The van der Waals surface area contributed by atoms with E-state index >= 15 is 0 Å². The second-order valence-electron chi connectivity index (χ2n) is 3.76. The van der Waals surface area contributed by atoms with E-state index in [1.165, 1.54) is 0 Å². The van der Waals surface area contributed by atoms with Crippen molar-refractivity contribution in [2.45, 2.75) is 32.4 Å². The summed E-state index contributed by atoms with van der Waals surface area (Å²) < 4.78 is 0.988. The van der Waals surface area contributed by atoms with E-state index in [4.69, 9.17) is 5.11 Å². The van der Waals surface area contributed by atoms with E-state index in [1.807, 2.05) is 18.4 Å². The smallest absolute Gasteiger partial charge is 0.315 e. The molecule has 1 aromatic rings. The van der Waals surface area contributed by atoms with Gasteiger partial charge >= 0.3 is 12.0 Å². The molecule has 1 rings (SSSR count). The van der Waals surface area contributed by atoms with Crippen LogP contribution in [0.4, 0.5) is 4.79 Å². The van der Waals surface area contributed by atoms with E-state index in [2.05, 4.69) is 26.6 Å². The monoisotopic (exact) mass is 334 g/mol. The molecule has 0 bridgehead atoms. The Labute approximate surface area is 118 Å². The molecule has 0 saturated carbocycles. The molecule has 1 heterocycles. The van der Waals surface area contributed by atoms with Crippen LogP contribution in [0.15, 0.2) is 15.9 Å². The van der Waals surface area contributed by atoms with Crippen LogP contribution in [0.3, 0.4) is 0 Å². The van der Waals surface area contributed by atoms with E-state index in [1.54, 1.807) is 11.3 Å². The second kappa shape index (κ2) is 7.38. The van der Waals surface area contributed by atoms with E-state index in [0.29, 0.717) is 13.0 Å². The van der Waals surface area contributed by atoms with E-state index in [-0.39, 0.29) is 18.5 Å². The standard InChI is InChI=1S/C11H15BrN2O3S/c1-2-8(4-10(15)16)14-11(17)13-5-9-3-7(12)6-18-9/h3,6,8H,2,4-5H2,1H3,(H,15,16)(H2,13,14,17). The molecular formula is C11H15BrN2O3S. The van der Waals surface area contributed by atoms with Gasteiger partial charge in [0.15, 0.2) is 0 Å². The Hall–Kier alpha value is -1.08. The molecule has 0 aromatic carbocycles. The predicted molar refractivity (Wildman–Crippen MR) is 73.7 cm³/mol. The van der Waals surface area contributed by atoms with Crippen molar-refractivity contribution in [3.05, 3.63) is 20.8 Å². The molecule has 5 nitrogen and oxygen atoms in total.